The van der Waals surface area contributed by atoms with Crippen LogP contribution in [0.15, 0.2) is 352 Å². The third-order valence-corrected chi connectivity index (χ3v) is 20.4. The van der Waals surface area contributed by atoms with Gasteiger partial charge in [0.1, 0.15) is 0 Å². The molecule has 0 fully saturated rings. The summed E-state index contributed by atoms with van der Waals surface area (Å²) in [5, 5.41) is 4.79. The van der Waals surface area contributed by atoms with E-state index < -0.39 is 0 Å². The second-order valence-electron chi connectivity index (χ2n) is 26.3. The average molecular weight is 1260 g/mol. The van der Waals surface area contributed by atoms with E-state index >= 15 is 0 Å². The maximum absolute atomic E-state index is 5.82. The lowest BCUT2D eigenvalue weighted by atomic mass is 9.34. The standard InChI is InChI=1S/C93H58BN5/c1-9-25-59(26-10-1)67-41-43-84-78(51-67)80-53-73(65-37-21-7-22-38-65)55-82-89(80)98(84)86-57-77(58-87-88(86)94(82)83-56-74(66-39-23-8-24-40-66)54-81-79-52-68(60-27-11-2-12-28-60)42-44-85(79)99(87)90(81)83)93-96-91(75-47-69(61-29-13-3-14-30-61)45-70(48-75)62-31-15-4-16-32-62)95-92(97-93)76-49-71(63-33-17-5-18-34-63)46-72(50-76)64-35-19-6-20-36-64/h1-58H. The van der Waals surface area contributed by atoms with Gasteiger partial charge in [-0.05, 0) is 190 Å². The van der Waals surface area contributed by atoms with Crippen LogP contribution in [0.4, 0.5) is 0 Å². The third kappa shape index (κ3) is 9.44. The van der Waals surface area contributed by atoms with Crippen molar-refractivity contribution in [2.75, 3.05) is 0 Å². The number of benzene rings is 15. The Labute approximate surface area is 573 Å². The molecule has 20 rings (SSSR count). The summed E-state index contributed by atoms with van der Waals surface area (Å²) in [7, 11) is 0. The Morgan fingerprint density at radius 1 is 0.192 bits per heavy atom. The lowest BCUT2D eigenvalue weighted by molar-refractivity contribution is 1.07. The van der Waals surface area contributed by atoms with Crippen molar-refractivity contribution in [2.24, 2.45) is 0 Å². The molecule has 0 saturated heterocycles. The molecule has 0 aliphatic carbocycles. The minimum atomic E-state index is -0.198. The van der Waals surface area contributed by atoms with Crippen LogP contribution in [0, 0.1) is 0 Å². The maximum atomic E-state index is 5.82. The van der Waals surface area contributed by atoms with Crippen LogP contribution in [0.5, 0.6) is 0 Å². The highest BCUT2D eigenvalue weighted by atomic mass is 15.1. The molecule has 99 heavy (non-hydrogen) atoms. The molecule has 0 unspecified atom stereocenters. The van der Waals surface area contributed by atoms with Gasteiger partial charge in [-0.25, -0.2) is 15.0 Å². The fourth-order valence-corrected chi connectivity index (χ4v) is 15.9. The highest BCUT2D eigenvalue weighted by Crippen LogP contribution is 2.46. The van der Waals surface area contributed by atoms with Crippen molar-refractivity contribution >= 4 is 66.7 Å². The van der Waals surface area contributed by atoms with E-state index in [2.05, 4.69) is 361 Å². The Kier molecular flexibility index (Phi) is 13.0. The van der Waals surface area contributed by atoms with E-state index in [1.165, 1.54) is 93.5 Å². The zero-order chi connectivity index (χ0) is 65.1. The van der Waals surface area contributed by atoms with Gasteiger partial charge < -0.3 is 9.13 Å². The molecule has 2 aliphatic heterocycles. The summed E-state index contributed by atoms with van der Waals surface area (Å²) in [5.41, 5.74) is 31.3. The second kappa shape index (κ2) is 22.8. The van der Waals surface area contributed by atoms with Gasteiger partial charge in [0, 0.05) is 60.6 Å². The summed E-state index contributed by atoms with van der Waals surface area (Å²) < 4.78 is 5.16. The SMILES string of the molecule is c1ccc(-c2cc(-c3ccccc3)cc(-c3nc(-c4cc(-c5ccccc5)cc(-c5ccccc5)c4)nc(-c4cc5c6c(c4)-n4c7ccc(-c8ccccc8)cc7c7cc(-c8ccccc8)cc(c74)B6c4cc(-c6ccccc6)cc6c7cc(-c8ccccc8)ccc7n-5c46)n3)c2)cc1. The summed E-state index contributed by atoms with van der Waals surface area (Å²) >= 11 is 0. The quantitative estimate of drug-likeness (QED) is 0.121. The van der Waals surface area contributed by atoms with E-state index in [0.29, 0.717) is 17.5 Å². The van der Waals surface area contributed by atoms with Crippen LogP contribution in [-0.2, 0) is 0 Å². The Hall–Kier alpha value is -13.0. The summed E-state index contributed by atoms with van der Waals surface area (Å²) in [5.74, 6) is 1.71. The molecule has 0 bridgehead atoms. The lowest BCUT2D eigenvalue weighted by Crippen LogP contribution is -2.59. The smallest absolute Gasteiger partial charge is 0.252 e. The van der Waals surface area contributed by atoms with E-state index in [1.54, 1.807) is 0 Å². The summed E-state index contributed by atoms with van der Waals surface area (Å²) in [4.78, 5) is 17.3. The van der Waals surface area contributed by atoms with E-state index in [9.17, 15) is 0 Å². The molecule has 0 N–H and O–H groups in total. The molecule has 458 valence electrons. The first kappa shape index (κ1) is 56.3. The zero-order valence-corrected chi connectivity index (χ0v) is 53.8. The third-order valence-electron chi connectivity index (χ3n) is 20.4. The predicted octanol–water partition coefficient (Wildman–Crippen LogP) is 21.5. The summed E-state index contributed by atoms with van der Waals surface area (Å²) in [6.45, 7) is -0.198. The molecule has 0 atom stereocenters. The number of nitrogens with zero attached hydrogens (tertiary/aromatic N) is 5. The molecule has 2 aliphatic rings. The normalized spacial score (nSPS) is 12.0. The Morgan fingerprint density at radius 3 is 0.727 bits per heavy atom. The largest absolute Gasteiger partial charge is 0.310 e. The van der Waals surface area contributed by atoms with Gasteiger partial charge in [-0.1, -0.05) is 267 Å². The number of fused-ring (bicyclic) bond motifs is 10. The van der Waals surface area contributed by atoms with Crippen LogP contribution < -0.4 is 16.4 Å². The average Bonchev–Trinajstić information content (AvgIpc) is 1.55. The van der Waals surface area contributed by atoms with Crippen LogP contribution in [0.1, 0.15) is 0 Å². The maximum Gasteiger partial charge on any atom is 0.252 e. The van der Waals surface area contributed by atoms with Gasteiger partial charge in [0.2, 0.25) is 0 Å². The minimum Gasteiger partial charge on any atom is -0.310 e. The summed E-state index contributed by atoms with van der Waals surface area (Å²) in [6.07, 6.45) is 0. The van der Waals surface area contributed by atoms with Crippen molar-refractivity contribution in [1.82, 2.24) is 24.1 Å². The van der Waals surface area contributed by atoms with Gasteiger partial charge in [0.25, 0.3) is 6.71 Å². The second-order valence-corrected chi connectivity index (χ2v) is 26.3. The number of hydrogen-bond acceptors (Lipinski definition) is 3. The molecule has 0 amide bonds. The van der Waals surface area contributed by atoms with Crippen LogP contribution in [0.2, 0.25) is 0 Å². The topological polar surface area (TPSA) is 48.5 Å². The summed E-state index contributed by atoms with van der Waals surface area (Å²) in [6, 6.07) is 129. The van der Waals surface area contributed by atoms with E-state index in [-0.39, 0.29) is 6.71 Å². The Bertz CT molecular complexity index is 5740. The number of aromatic nitrogens is 5. The van der Waals surface area contributed by atoms with Gasteiger partial charge in [-0.3, -0.25) is 0 Å². The number of rotatable bonds is 11. The Morgan fingerprint density at radius 2 is 0.434 bits per heavy atom. The molecule has 0 radical (unpaired) electrons. The van der Waals surface area contributed by atoms with Crippen LogP contribution in [0.25, 0.3) is 178 Å². The van der Waals surface area contributed by atoms with Crippen molar-refractivity contribution in [3.8, 4) is 135 Å². The van der Waals surface area contributed by atoms with Crippen molar-refractivity contribution in [2.45, 2.75) is 0 Å². The Balaban J connectivity index is 0.924. The monoisotopic (exact) mass is 1260 g/mol. The van der Waals surface area contributed by atoms with E-state index in [1.807, 2.05) is 0 Å². The van der Waals surface area contributed by atoms with Crippen molar-refractivity contribution < 1.29 is 0 Å². The van der Waals surface area contributed by atoms with Crippen LogP contribution >= 0.6 is 0 Å². The molecule has 15 aromatic carbocycles. The van der Waals surface area contributed by atoms with Crippen LogP contribution in [0.3, 0.4) is 0 Å². The zero-order valence-electron chi connectivity index (χ0n) is 53.8. The lowest BCUT2D eigenvalue weighted by Gasteiger charge is -2.34. The molecule has 0 spiro atoms. The molecule has 18 aromatic rings. The molecule has 3 aromatic heterocycles. The molecule has 0 saturated carbocycles. The minimum absolute atomic E-state index is 0.198. The van der Waals surface area contributed by atoms with Crippen LogP contribution in [-0.4, -0.2) is 30.8 Å². The first-order valence-electron chi connectivity index (χ1n) is 34.0. The predicted molar refractivity (Wildman–Crippen MR) is 413 cm³/mol. The molecule has 6 heteroatoms. The first-order valence-corrected chi connectivity index (χ1v) is 34.0. The number of hydrogen-bond donors (Lipinski definition) is 0. The fraction of sp³-hybridized carbons (Fsp3) is 0. The fourth-order valence-electron chi connectivity index (χ4n) is 15.9. The molecule has 5 heterocycles. The first-order chi connectivity index (χ1) is 49.0. The van der Waals surface area contributed by atoms with Gasteiger partial charge in [0.15, 0.2) is 17.5 Å². The molecule has 5 nitrogen and oxygen atoms in total. The van der Waals surface area contributed by atoms with Crippen molar-refractivity contribution in [3.63, 3.8) is 0 Å². The van der Waals surface area contributed by atoms with Gasteiger partial charge in [-0.2, -0.15) is 0 Å². The highest BCUT2D eigenvalue weighted by molar-refractivity contribution is 7.00. The van der Waals surface area contributed by atoms with Crippen molar-refractivity contribution in [1.29, 1.82) is 0 Å². The van der Waals surface area contributed by atoms with Crippen molar-refractivity contribution in [3.05, 3.63) is 352 Å². The van der Waals surface area contributed by atoms with E-state index in [0.717, 1.165) is 83.6 Å². The van der Waals surface area contributed by atoms with E-state index in [4.69, 9.17) is 15.0 Å². The highest BCUT2D eigenvalue weighted by Gasteiger charge is 2.42. The van der Waals surface area contributed by atoms with Gasteiger partial charge >= 0.3 is 0 Å². The van der Waals surface area contributed by atoms with Gasteiger partial charge in [-0.15, -0.1) is 0 Å². The van der Waals surface area contributed by atoms with Gasteiger partial charge in [0.05, 0.1) is 11.0 Å². The molecular formula is C93H58BN5. The molecular weight excluding hydrogens is 1200 g/mol.